The van der Waals surface area contributed by atoms with Gasteiger partial charge in [-0.05, 0) is 88.6 Å². The summed E-state index contributed by atoms with van der Waals surface area (Å²) in [5, 5.41) is 2.79. The summed E-state index contributed by atoms with van der Waals surface area (Å²) < 4.78 is 33.5. The molecule has 8 heteroatoms. The van der Waals surface area contributed by atoms with E-state index in [1.54, 1.807) is 49.6 Å². The third-order valence-electron chi connectivity index (χ3n) is 4.34. The summed E-state index contributed by atoms with van der Waals surface area (Å²) in [6, 6.07) is 18.5. The van der Waals surface area contributed by atoms with Gasteiger partial charge in [0, 0.05) is 16.2 Å². The Kier molecular flexibility index (Phi) is 7.14. The average molecular weight is 501 g/mol. The molecule has 3 aromatic rings. The van der Waals surface area contributed by atoms with Crippen LogP contribution in [0.1, 0.15) is 11.1 Å². The van der Waals surface area contributed by atoms with Gasteiger partial charge >= 0.3 is 0 Å². The Hall–Kier alpha value is -3.10. The molecule has 0 fully saturated rings. The quantitative estimate of drug-likeness (QED) is 0.435. The predicted octanol–water partition coefficient (Wildman–Crippen LogP) is 5.22. The molecular formula is C23H21BrN2O4S. The Labute approximate surface area is 190 Å². The lowest BCUT2D eigenvalue weighted by molar-refractivity contribution is -0.111. The van der Waals surface area contributed by atoms with Gasteiger partial charge in [-0.25, -0.2) is 8.42 Å². The van der Waals surface area contributed by atoms with E-state index < -0.39 is 10.0 Å². The second kappa shape index (κ2) is 9.80. The van der Waals surface area contributed by atoms with Gasteiger partial charge in [0.1, 0.15) is 5.75 Å². The maximum atomic E-state index is 12.6. The fourth-order valence-corrected chi connectivity index (χ4v) is 4.35. The number of benzene rings is 3. The molecule has 2 N–H and O–H groups in total. The summed E-state index contributed by atoms with van der Waals surface area (Å²) >= 11 is 3.42. The zero-order valence-electron chi connectivity index (χ0n) is 16.9. The number of amides is 1. The van der Waals surface area contributed by atoms with E-state index in [-0.39, 0.29) is 10.8 Å². The Balaban J connectivity index is 1.65. The highest BCUT2D eigenvalue weighted by atomic mass is 79.9. The van der Waals surface area contributed by atoms with E-state index in [2.05, 4.69) is 26.0 Å². The molecule has 6 nitrogen and oxygen atoms in total. The van der Waals surface area contributed by atoms with Crippen molar-refractivity contribution in [3.05, 3.63) is 88.4 Å². The summed E-state index contributed by atoms with van der Waals surface area (Å²) in [6.07, 6.45) is 3.01. The van der Waals surface area contributed by atoms with E-state index in [9.17, 15) is 13.2 Å². The molecule has 3 aromatic carbocycles. The van der Waals surface area contributed by atoms with E-state index in [0.717, 1.165) is 10.0 Å². The van der Waals surface area contributed by atoms with Crippen LogP contribution in [0.2, 0.25) is 0 Å². The monoisotopic (exact) mass is 500 g/mol. The van der Waals surface area contributed by atoms with E-state index in [1.165, 1.54) is 18.2 Å². The number of methoxy groups -OCH3 is 1. The van der Waals surface area contributed by atoms with Crippen LogP contribution in [0.15, 0.2) is 82.2 Å². The number of aryl methyl sites for hydroxylation is 1. The summed E-state index contributed by atoms with van der Waals surface area (Å²) in [6.45, 7) is 1.96. The Morgan fingerprint density at radius 2 is 1.68 bits per heavy atom. The third kappa shape index (κ3) is 6.19. The van der Waals surface area contributed by atoms with Crippen molar-refractivity contribution in [2.24, 2.45) is 0 Å². The number of carbonyl (C=O) groups is 1. The lowest BCUT2D eigenvalue weighted by atomic mass is 10.2. The van der Waals surface area contributed by atoms with Crippen LogP contribution in [0.4, 0.5) is 11.4 Å². The van der Waals surface area contributed by atoms with Crippen LogP contribution in [-0.2, 0) is 14.8 Å². The molecule has 3 rings (SSSR count). The van der Waals surface area contributed by atoms with Crippen molar-refractivity contribution in [3.63, 3.8) is 0 Å². The molecule has 0 bridgehead atoms. The highest BCUT2D eigenvalue weighted by Gasteiger charge is 2.14. The molecule has 0 heterocycles. The van der Waals surface area contributed by atoms with Crippen molar-refractivity contribution < 1.29 is 17.9 Å². The van der Waals surface area contributed by atoms with Crippen LogP contribution in [0.3, 0.4) is 0 Å². The first-order chi connectivity index (χ1) is 14.8. The summed E-state index contributed by atoms with van der Waals surface area (Å²) in [4.78, 5) is 12.3. The molecule has 0 aromatic heterocycles. The molecule has 0 atom stereocenters. The minimum Gasteiger partial charge on any atom is -0.497 e. The maximum absolute atomic E-state index is 12.6. The lowest BCUT2D eigenvalue weighted by Crippen LogP contribution is -2.12. The van der Waals surface area contributed by atoms with Gasteiger partial charge in [0.05, 0.1) is 17.7 Å². The Morgan fingerprint density at radius 3 is 2.29 bits per heavy atom. The van der Waals surface area contributed by atoms with Gasteiger partial charge in [-0.3, -0.25) is 9.52 Å². The molecule has 31 heavy (non-hydrogen) atoms. The first kappa shape index (κ1) is 22.6. The van der Waals surface area contributed by atoms with E-state index in [4.69, 9.17) is 4.74 Å². The van der Waals surface area contributed by atoms with Gasteiger partial charge in [-0.15, -0.1) is 0 Å². The van der Waals surface area contributed by atoms with Gasteiger partial charge in [-0.1, -0.05) is 18.2 Å². The van der Waals surface area contributed by atoms with Crippen LogP contribution >= 0.6 is 15.9 Å². The van der Waals surface area contributed by atoms with Crippen molar-refractivity contribution in [1.29, 1.82) is 0 Å². The number of sulfonamides is 1. The van der Waals surface area contributed by atoms with Crippen LogP contribution in [-0.4, -0.2) is 21.4 Å². The molecule has 0 radical (unpaired) electrons. The molecule has 0 unspecified atom stereocenters. The van der Waals surface area contributed by atoms with Gasteiger partial charge in [0.15, 0.2) is 0 Å². The van der Waals surface area contributed by atoms with Crippen molar-refractivity contribution in [2.75, 3.05) is 17.1 Å². The molecule has 160 valence electrons. The largest absolute Gasteiger partial charge is 0.497 e. The lowest BCUT2D eigenvalue weighted by Gasteiger charge is -2.09. The summed E-state index contributed by atoms with van der Waals surface area (Å²) in [7, 11) is -2.19. The number of hydrogen-bond acceptors (Lipinski definition) is 4. The van der Waals surface area contributed by atoms with Gasteiger partial charge in [0.2, 0.25) is 5.91 Å². The zero-order chi connectivity index (χ0) is 22.4. The smallest absolute Gasteiger partial charge is 0.261 e. The average Bonchev–Trinajstić information content (AvgIpc) is 2.75. The minimum atomic E-state index is -3.73. The van der Waals surface area contributed by atoms with E-state index in [0.29, 0.717) is 22.7 Å². The predicted molar refractivity (Wildman–Crippen MR) is 127 cm³/mol. The van der Waals surface area contributed by atoms with E-state index >= 15 is 0 Å². The molecule has 0 saturated carbocycles. The summed E-state index contributed by atoms with van der Waals surface area (Å²) in [5.74, 6) is 0.347. The van der Waals surface area contributed by atoms with Crippen LogP contribution in [0.5, 0.6) is 5.75 Å². The first-order valence-corrected chi connectivity index (χ1v) is 11.6. The Bertz CT molecular complexity index is 1210. The Morgan fingerprint density at radius 1 is 1.00 bits per heavy atom. The highest BCUT2D eigenvalue weighted by molar-refractivity contribution is 9.10. The number of anilines is 2. The number of rotatable bonds is 7. The van der Waals surface area contributed by atoms with Crippen molar-refractivity contribution in [3.8, 4) is 5.75 Å². The van der Waals surface area contributed by atoms with Crippen molar-refractivity contribution in [2.45, 2.75) is 11.8 Å². The molecular weight excluding hydrogens is 480 g/mol. The van der Waals surface area contributed by atoms with Crippen LogP contribution in [0, 0.1) is 6.92 Å². The van der Waals surface area contributed by atoms with Gasteiger partial charge < -0.3 is 10.1 Å². The van der Waals surface area contributed by atoms with Crippen LogP contribution < -0.4 is 14.8 Å². The van der Waals surface area contributed by atoms with Gasteiger partial charge in [-0.2, -0.15) is 0 Å². The fraction of sp³-hybridized carbons (Fsp3) is 0.0870. The molecule has 0 aliphatic carbocycles. The van der Waals surface area contributed by atoms with Crippen molar-refractivity contribution in [1.82, 2.24) is 0 Å². The number of hydrogen-bond donors (Lipinski definition) is 2. The SMILES string of the molecule is COc1ccc(NS(=O)(=O)c2ccc(/C=C/C(=O)Nc3ccc(C)cc3Br)cc2)cc1. The molecule has 0 aliphatic rings. The molecule has 0 aliphatic heterocycles. The molecule has 0 saturated heterocycles. The number of ether oxygens (including phenoxy) is 1. The fourth-order valence-electron chi connectivity index (χ4n) is 2.70. The van der Waals surface area contributed by atoms with Gasteiger partial charge in [0.25, 0.3) is 10.0 Å². The number of nitrogens with one attached hydrogen (secondary N) is 2. The molecule has 1 amide bonds. The van der Waals surface area contributed by atoms with Crippen LogP contribution in [0.25, 0.3) is 6.08 Å². The minimum absolute atomic E-state index is 0.119. The molecule has 0 spiro atoms. The topological polar surface area (TPSA) is 84.5 Å². The highest BCUT2D eigenvalue weighted by Crippen LogP contribution is 2.23. The van der Waals surface area contributed by atoms with E-state index in [1.807, 2.05) is 25.1 Å². The van der Waals surface area contributed by atoms with Crippen molar-refractivity contribution >= 4 is 49.3 Å². The number of halogens is 1. The first-order valence-electron chi connectivity index (χ1n) is 9.29. The standard InChI is InChI=1S/C23H21BrN2O4S/c1-16-3-13-22(21(24)15-16)25-23(27)14-6-17-4-11-20(12-5-17)31(28,29)26-18-7-9-19(30-2)10-8-18/h3-15,26H,1-2H3,(H,25,27)/b14-6+. The second-order valence-corrected chi connectivity index (χ2v) is 9.25. The summed E-state index contributed by atoms with van der Waals surface area (Å²) in [5.41, 5.74) is 2.88. The second-order valence-electron chi connectivity index (χ2n) is 6.71. The normalized spacial score (nSPS) is 11.3. The zero-order valence-corrected chi connectivity index (χ0v) is 19.3. The maximum Gasteiger partial charge on any atom is 0.261 e. The number of carbonyl (C=O) groups excluding carboxylic acids is 1. The third-order valence-corrected chi connectivity index (χ3v) is 6.40.